The second-order valence-electron chi connectivity index (χ2n) is 7.97. The molecular formula is C24H27ClN4O4S. The van der Waals surface area contributed by atoms with Crippen molar-refractivity contribution in [3.63, 3.8) is 0 Å². The van der Waals surface area contributed by atoms with Crippen molar-refractivity contribution < 1.29 is 19.1 Å². The largest absolute Gasteiger partial charge is 0.492 e. The number of carbonyl (C=O) groups excluding carboxylic acids is 3. The lowest BCUT2D eigenvalue weighted by Gasteiger charge is -2.23. The average Bonchev–Trinajstić information content (AvgIpc) is 3.37. The molecule has 0 spiro atoms. The Hall–Kier alpha value is -3.01. The highest BCUT2D eigenvalue weighted by molar-refractivity contribution is 7.22. The molecule has 0 atom stereocenters. The zero-order valence-corrected chi connectivity index (χ0v) is 20.9. The number of amides is 3. The van der Waals surface area contributed by atoms with Gasteiger partial charge in [0.15, 0.2) is 5.13 Å². The molecule has 10 heteroatoms. The average molecular weight is 503 g/mol. The quantitative estimate of drug-likeness (QED) is 0.433. The maximum Gasteiger partial charge on any atom is 0.260 e. The van der Waals surface area contributed by atoms with Gasteiger partial charge < -0.3 is 9.64 Å². The number of thiazole rings is 1. The molecule has 0 unspecified atom stereocenters. The topological polar surface area (TPSA) is 83.0 Å². The van der Waals surface area contributed by atoms with E-state index in [0.717, 1.165) is 15.1 Å². The summed E-state index contributed by atoms with van der Waals surface area (Å²) in [7, 11) is 3.89. The van der Waals surface area contributed by atoms with Crippen LogP contribution in [0.3, 0.4) is 0 Å². The first-order valence-corrected chi connectivity index (χ1v) is 11.7. The van der Waals surface area contributed by atoms with Gasteiger partial charge >= 0.3 is 0 Å². The van der Waals surface area contributed by atoms with E-state index < -0.39 is 0 Å². The normalized spacial score (nSPS) is 13.5. The van der Waals surface area contributed by atoms with Gasteiger partial charge in [-0.1, -0.05) is 23.5 Å². The van der Waals surface area contributed by atoms with Crippen molar-refractivity contribution in [2.24, 2.45) is 0 Å². The van der Waals surface area contributed by atoms with Crippen molar-refractivity contribution in [3.05, 3.63) is 48.0 Å². The number of benzene rings is 2. The number of rotatable bonds is 8. The van der Waals surface area contributed by atoms with Gasteiger partial charge in [0.2, 0.25) is 11.8 Å². The third-order valence-electron chi connectivity index (χ3n) is 5.32. The van der Waals surface area contributed by atoms with Gasteiger partial charge in [-0.2, -0.15) is 0 Å². The van der Waals surface area contributed by atoms with Crippen molar-refractivity contribution in [1.82, 2.24) is 9.88 Å². The van der Waals surface area contributed by atoms with E-state index in [9.17, 15) is 14.4 Å². The lowest BCUT2D eigenvalue weighted by molar-refractivity contribution is -0.121. The molecule has 0 bridgehead atoms. The Morgan fingerprint density at radius 1 is 1.09 bits per heavy atom. The van der Waals surface area contributed by atoms with Crippen molar-refractivity contribution in [3.8, 4) is 5.75 Å². The van der Waals surface area contributed by atoms with Crippen LogP contribution in [0.25, 0.3) is 10.2 Å². The van der Waals surface area contributed by atoms with E-state index >= 15 is 0 Å². The summed E-state index contributed by atoms with van der Waals surface area (Å²) in [5.41, 5.74) is 1.54. The van der Waals surface area contributed by atoms with E-state index in [1.807, 2.05) is 44.1 Å². The fourth-order valence-corrected chi connectivity index (χ4v) is 4.69. The predicted octanol–water partition coefficient (Wildman–Crippen LogP) is 3.98. The zero-order valence-electron chi connectivity index (χ0n) is 19.3. The monoisotopic (exact) mass is 502 g/mol. The number of ether oxygens (including phenoxy) is 1. The van der Waals surface area contributed by atoms with Crippen LogP contribution < -0.4 is 14.5 Å². The number of carbonyl (C=O) groups is 3. The molecule has 1 fully saturated rings. The minimum Gasteiger partial charge on any atom is -0.492 e. The summed E-state index contributed by atoms with van der Waals surface area (Å²) in [6.07, 6.45) is 0.389. The van der Waals surface area contributed by atoms with E-state index in [-0.39, 0.29) is 43.0 Å². The Bertz CT molecular complexity index is 1200. The van der Waals surface area contributed by atoms with Gasteiger partial charge in [-0.05, 0) is 51.4 Å². The molecule has 180 valence electrons. The van der Waals surface area contributed by atoms with E-state index in [0.29, 0.717) is 41.8 Å². The fourth-order valence-electron chi connectivity index (χ4n) is 3.68. The van der Waals surface area contributed by atoms with Gasteiger partial charge in [-0.25, -0.2) is 4.98 Å². The standard InChI is InChI=1S/C24H26N4O4S.ClH/c1-4-32-18-9-6-10-19-22(18)25-24(33-19)27(14-13-26(2)3)23(31)16-7-5-8-17(15-16)28-20(29)11-12-21(28)30;/h5-10,15H,4,11-14H2,1-3H3;1H. The number of halogens is 1. The summed E-state index contributed by atoms with van der Waals surface area (Å²) in [6, 6.07) is 12.4. The van der Waals surface area contributed by atoms with Crippen molar-refractivity contribution in [2.75, 3.05) is 43.6 Å². The number of nitrogens with zero attached hydrogens (tertiary/aromatic N) is 4. The van der Waals surface area contributed by atoms with Crippen LogP contribution in [0, 0.1) is 0 Å². The molecule has 3 amide bonds. The van der Waals surface area contributed by atoms with Crippen LogP contribution in [0.5, 0.6) is 5.75 Å². The molecule has 0 N–H and O–H groups in total. The van der Waals surface area contributed by atoms with E-state index in [2.05, 4.69) is 0 Å². The highest BCUT2D eigenvalue weighted by atomic mass is 35.5. The minimum atomic E-state index is -0.247. The van der Waals surface area contributed by atoms with Crippen LogP contribution in [-0.2, 0) is 9.59 Å². The first-order chi connectivity index (χ1) is 15.9. The summed E-state index contributed by atoms with van der Waals surface area (Å²) in [6.45, 7) is 3.52. The van der Waals surface area contributed by atoms with Gasteiger partial charge in [0.05, 0.1) is 17.0 Å². The Balaban J connectivity index is 0.00000324. The third-order valence-corrected chi connectivity index (χ3v) is 6.36. The molecule has 0 saturated carbocycles. The fraction of sp³-hybridized carbons (Fsp3) is 0.333. The number of fused-ring (bicyclic) bond motifs is 1. The van der Waals surface area contributed by atoms with Crippen LogP contribution in [0.15, 0.2) is 42.5 Å². The summed E-state index contributed by atoms with van der Waals surface area (Å²) in [5, 5.41) is 0.572. The van der Waals surface area contributed by atoms with Crippen LogP contribution >= 0.6 is 23.7 Å². The van der Waals surface area contributed by atoms with Crippen molar-refractivity contribution >= 4 is 62.5 Å². The first-order valence-electron chi connectivity index (χ1n) is 10.8. The van der Waals surface area contributed by atoms with Crippen LogP contribution in [0.2, 0.25) is 0 Å². The number of para-hydroxylation sites is 1. The summed E-state index contributed by atoms with van der Waals surface area (Å²) >= 11 is 1.43. The third kappa shape index (κ3) is 5.22. The molecule has 1 aliphatic rings. The molecule has 0 radical (unpaired) electrons. The van der Waals surface area contributed by atoms with Gasteiger partial charge in [-0.3, -0.25) is 24.2 Å². The second kappa shape index (κ2) is 10.9. The Morgan fingerprint density at radius 3 is 2.47 bits per heavy atom. The molecule has 4 rings (SSSR count). The number of hydrogen-bond acceptors (Lipinski definition) is 7. The highest BCUT2D eigenvalue weighted by Gasteiger charge is 2.31. The van der Waals surface area contributed by atoms with E-state index in [1.54, 1.807) is 29.2 Å². The highest BCUT2D eigenvalue weighted by Crippen LogP contribution is 2.35. The smallest absolute Gasteiger partial charge is 0.260 e. The van der Waals surface area contributed by atoms with Crippen LogP contribution in [0.4, 0.5) is 10.8 Å². The molecular weight excluding hydrogens is 476 g/mol. The molecule has 34 heavy (non-hydrogen) atoms. The number of aromatic nitrogens is 1. The van der Waals surface area contributed by atoms with Crippen LogP contribution in [0.1, 0.15) is 30.1 Å². The molecule has 8 nitrogen and oxygen atoms in total. The molecule has 0 aliphatic carbocycles. The van der Waals surface area contributed by atoms with E-state index in [4.69, 9.17) is 9.72 Å². The lowest BCUT2D eigenvalue weighted by atomic mass is 10.1. The number of likely N-dealkylation sites (N-methyl/N-ethyl adjacent to an activating group) is 1. The van der Waals surface area contributed by atoms with Gasteiger partial charge in [0.1, 0.15) is 11.3 Å². The summed E-state index contributed by atoms with van der Waals surface area (Å²) < 4.78 is 6.64. The maximum absolute atomic E-state index is 13.6. The second-order valence-corrected chi connectivity index (χ2v) is 8.97. The minimum absolute atomic E-state index is 0. The number of hydrogen-bond donors (Lipinski definition) is 0. The molecule has 2 heterocycles. The zero-order chi connectivity index (χ0) is 23.5. The molecule has 3 aromatic rings. The summed E-state index contributed by atoms with van der Waals surface area (Å²) in [4.78, 5) is 47.5. The molecule has 1 aromatic heterocycles. The molecule has 1 aliphatic heterocycles. The lowest BCUT2D eigenvalue weighted by Crippen LogP contribution is -2.37. The maximum atomic E-state index is 13.6. The predicted molar refractivity (Wildman–Crippen MR) is 136 cm³/mol. The Kier molecular flexibility index (Phi) is 8.24. The van der Waals surface area contributed by atoms with E-state index in [1.165, 1.54) is 11.3 Å². The Morgan fingerprint density at radius 2 is 1.79 bits per heavy atom. The Labute approximate surface area is 208 Å². The van der Waals surface area contributed by atoms with Crippen LogP contribution in [-0.4, -0.2) is 61.4 Å². The molecule has 1 saturated heterocycles. The van der Waals surface area contributed by atoms with Gasteiger partial charge in [0, 0.05) is 31.5 Å². The van der Waals surface area contributed by atoms with Gasteiger partial charge in [-0.15, -0.1) is 12.4 Å². The van der Waals surface area contributed by atoms with Crippen molar-refractivity contribution in [2.45, 2.75) is 19.8 Å². The van der Waals surface area contributed by atoms with Crippen molar-refractivity contribution in [1.29, 1.82) is 0 Å². The van der Waals surface area contributed by atoms with Gasteiger partial charge in [0.25, 0.3) is 5.91 Å². The number of anilines is 2. The summed E-state index contributed by atoms with van der Waals surface area (Å²) in [5.74, 6) is -0.0484. The molecule has 2 aromatic carbocycles. The first kappa shape index (κ1) is 25.6. The SMILES string of the molecule is CCOc1cccc2sc(N(CCN(C)C)C(=O)c3cccc(N4C(=O)CCC4=O)c3)nc12.Cl. The number of imide groups is 1.